The Hall–Kier alpha value is -2.47. The molecule has 0 amide bonds. The predicted octanol–water partition coefficient (Wildman–Crippen LogP) is 4.15. The maximum absolute atomic E-state index is 13.6. The third-order valence-electron chi connectivity index (χ3n) is 5.46. The topological polar surface area (TPSA) is 52.2 Å². The molecule has 0 saturated carbocycles. The van der Waals surface area contributed by atoms with Crippen LogP contribution in [0.2, 0.25) is 0 Å². The molecule has 3 aromatic heterocycles. The van der Waals surface area contributed by atoms with Crippen molar-refractivity contribution in [1.29, 1.82) is 0 Å². The van der Waals surface area contributed by atoms with Crippen LogP contribution < -0.4 is 5.56 Å². The molecular formula is C20H20N4OS. The molecule has 3 heterocycles. The molecule has 5 rings (SSSR count). The van der Waals surface area contributed by atoms with Gasteiger partial charge in [-0.25, -0.2) is 4.57 Å². The van der Waals surface area contributed by atoms with E-state index < -0.39 is 0 Å². The first-order valence-electron chi connectivity index (χ1n) is 9.05. The van der Waals surface area contributed by atoms with Crippen molar-refractivity contribution in [3.8, 4) is 5.69 Å². The van der Waals surface area contributed by atoms with Crippen molar-refractivity contribution in [3.63, 3.8) is 0 Å². The van der Waals surface area contributed by atoms with Crippen LogP contribution >= 0.6 is 11.3 Å². The lowest BCUT2D eigenvalue weighted by Crippen LogP contribution is -2.22. The molecule has 0 radical (unpaired) electrons. The fourth-order valence-electron chi connectivity index (χ4n) is 4.12. The summed E-state index contributed by atoms with van der Waals surface area (Å²) in [5.41, 5.74) is 3.27. The van der Waals surface area contributed by atoms with Crippen LogP contribution in [-0.2, 0) is 6.42 Å². The predicted molar refractivity (Wildman–Crippen MR) is 105 cm³/mol. The minimum absolute atomic E-state index is 0.0232. The fourth-order valence-corrected chi connectivity index (χ4v) is 5.62. The molecule has 1 aliphatic carbocycles. The van der Waals surface area contributed by atoms with Crippen LogP contribution in [0.25, 0.3) is 21.7 Å². The number of nitrogens with zero attached hydrogens (tertiary/aromatic N) is 4. The minimum atomic E-state index is 0.0232. The van der Waals surface area contributed by atoms with E-state index in [1.807, 2.05) is 42.5 Å². The minimum Gasteiger partial charge on any atom is -0.268 e. The van der Waals surface area contributed by atoms with Crippen LogP contribution in [0.4, 0.5) is 0 Å². The molecule has 0 spiro atoms. The van der Waals surface area contributed by atoms with Crippen molar-refractivity contribution in [2.45, 2.75) is 46.0 Å². The highest BCUT2D eigenvalue weighted by Crippen LogP contribution is 2.41. The van der Waals surface area contributed by atoms with Crippen LogP contribution in [0, 0.1) is 13.8 Å². The third-order valence-corrected chi connectivity index (χ3v) is 6.71. The molecule has 0 fully saturated rings. The maximum Gasteiger partial charge on any atom is 0.268 e. The van der Waals surface area contributed by atoms with Gasteiger partial charge in [0.2, 0.25) is 5.78 Å². The van der Waals surface area contributed by atoms with E-state index in [-0.39, 0.29) is 5.56 Å². The van der Waals surface area contributed by atoms with E-state index in [0.717, 1.165) is 40.1 Å². The van der Waals surface area contributed by atoms with Gasteiger partial charge < -0.3 is 0 Å². The highest BCUT2D eigenvalue weighted by Gasteiger charge is 2.27. The normalized spacial score (nSPS) is 17.1. The van der Waals surface area contributed by atoms with Gasteiger partial charge in [-0.15, -0.1) is 21.5 Å². The summed E-state index contributed by atoms with van der Waals surface area (Å²) in [5, 5.41) is 9.47. The summed E-state index contributed by atoms with van der Waals surface area (Å²) in [5.74, 6) is 1.83. The van der Waals surface area contributed by atoms with Crippen molar-refractivity contribution < 1.29 is 0 Å². The smallest absolute Gasteiger partial charge is 0.268 e. The Labute approximate surface area is 154 Å². The quantitative estimate of drug-likeness (QED) is 0.510. The molecule has 0 bridgehead atoms. The monoisotopic (exact) mass is 364 g/mol. The standard InChI is InChI=1S/C20H20N4OS/c1-11-7-9-14(10-8-11)24-18(25)17-16-12(2)5-4-6-15(16)26-19(17)23-13(3)21-22-20(23)24/h7-10,12H,4-6H2,1-3H3/t12-/m1/s1. The Kier molecular flexibility index (Phi) is 3.34. The molecule has 1 aromatic carbocycles. The first-order chi connectivity index (χ1) is 12.6. The highest BCUT2D eigenvalue weighted by molar-refractivity contribution is 7.19. The van der Waals surface area contributed by atoms with Gasteiger partial charge >= 0.3 is 0 Å². The summed E-state index contributed by atoms with van der Waals surface area (Å²) < 4.78 is 3.77. The van der Waals surface area contributed by atoms with Gasteiger partial charge in [-0.2, -0.15) is 0 Å². The van der Waals surface area contributed by atoms with Gasteiger partial charge in [-0.1, -0.05) is 24.6 Å². The third kappa shape index (κ3) is 2.05. The molecule has 132 valence electrons. The molecule has 1 atom stereocenters. The second-order valence-corrected chi connectivity index (χ2v) is 8.35. The van der Waals surface area contributed by atoms with Gasteiger partial charge in [0.15, 0.2) is 0 Å². The summed E-state index contributed by atoms with van der Waals surface area (Å²) in [4.78, 5) is 16.0. The molecule has 1 aliphatic rings. The SMILES string of the molecule is Cc1ccc(-n2c(=O)c3c4c(sc3n3c(C)nnc23)CCC[C@H]4C)cc1. The highest BCUT2D eigenvalue weighted by atomic mass is 32.1. The largest absolute Gasteiger partial charge is 0.268 e. The van der Waals surface area contributed by atoms with E-state index in [4.69, 9.17) is 0 Å². The second-order valence-electron chi connectivity index (χ2n) is 7.27. The second kappa shape index (κ2) is 5.51. The van der Waals surface area contributed by atoms with E-state index in [0.29, 0.717) is 11.7 Å². The summed E-state index contributed by atoms with van der Waals surface area (Å²) >= 11 is 1.74. The van der Waals surface area contributed by atoms with Crippen LogP contribution in [0.5, 0.6) is 0 Å². The van der Waals surface area contributed by atoms with Crippen LogP contribution in [-0.4, -0.2) is 19.2 Å². The van der Waals surface area contributed by atoms with Gasteiger partial charge in [0.25, 0.3) is 5.56 Å². The average molecular weight is 364 g/mol. The van der Waals surface area contributed by atoms with Crippen LogP contribution in [0.15, 0.2) is 29.1 Å². The summed E-state index contributed by atoms with van der Waals surface area (Å²) in [6.07, 6.45) is 3.39. The van der Waals surface area contributed by atoms with Crippen molar-refractivity contribution in [3.05, 3.63) is 56.4 Å². The zero-order valence-electron chi connectivity index (χ0n) is 15.1. The number of aromatic nitrogens is 4. The molecule has 4 aromatic rings. The fraction of sp³-hybridized carbons (Fsp3) is 0.350. The number of benzene rings is 1. The van der Waals surface area contributed by atoms with Gasteiger partial charge in [-0.3, -0.25) is 9.20 Å². The van der Waals surface area contributed by atoms with E-state index in [2.05, 4.69) is 17.1 Å². The number of hydrogen-bond acceptors (Lipinski definition) is 4. The van der Waals surface area contributed by atoms with E-state index in [9.17, 15) is 4.79 Å². The van der Waals surface area contributed by atoms with Gasteiger partial charge in [-0.05, 0) is 56.7 Å². The maximum atomic E-state index is 13.6. The number of fused-ring (bicyclic) bond motifs is 5. The Morgan fingerprint density at radius 3 is 2.69 bits per heavy atom. The lowest BCUT2D eigenvalue weighted by Gasteiger charge is -2.18. The zero-order chi connectivity index (χ0) is 18.0. The zero-order valence-corrected chi connectivity index (χ0v) is 15.9. The Bertz CT molecular complexity index is 1210. The Morgan fingerprint density at radius 2 is 1.92 bits per heavy atom. The number of thiophene rings is 1. The first kappa shape index (κ1) is 15.8. The lowest BCUT2D eigenvalue weighted by atomic mass is 9.88. The van der Waals surface area contributed by atoms with E-state index >= 15 is 0 Å². The summed E-state index contributed by atoms with van der Waals surface area (Å²) in [7, 11) is 0. The summed E-state index contributed by atoms with van der Waals surface area (Å²) in [6.45, 7) is 6.23. The van der Waals surface area contributed by atoms with E-state index in [1.165, 1.54) is 16.9 Å². The van der Waals surface area contributed by atoms with Crippen molar-refractivity contribution in [2.24, 2.45) is 0 Å². The van der Waals surface area contributed by atoms with Crippen molar-refractivity contribution >= 4 is 27.3 Å². The first-order valence-corrected chi connectivity index (χ1v) is 9.87. The molecule has 0 aliphatic heterocycles. The van der Waals surface area contributed by atoms with Gasteiger partial charge in [0.05, 0.1) is 11.1 Å². The Balaban J connectivity index is 1.99. The molecular weight excluding hydrogens is 344 g/mol. The van der Waals surface area contributed by atoms with Crippen LogP contribution in [0.3, 0.4) is 0 Å². The Morgan fingerprint density at radius 1 is 1.15 bits per heavy atom. The van der Waals surface area contributed by atoms with E-state index in [1.54, 1.807) is 15.9 Å². The van der Waals surface area contributed by atoms with Crippen LogP contribution in [0.1, 0.15) is 47.5 Å². The molecule has 0 N–H and O–H groups in total. The molecule has 6 heteroatoms. The summed E-state index contributed by atoms with van der Waals surface area (Å²) in [6, 6.07) is 8.01. The average Bonchev–Trinajstić information content (AvgIpc) is 3.18. The van der Waals surface area contributed by atoms with Gasteiger partial charge in [0.1, 0.15) is 10.7 Å². The molecule has 0 unspecified atom stereocenters. The molecule has 5 nitrogen and oxygen atoms in total. The number of rotatable bonds is 1. The number of hydrogen-bond donors (Lipinski definition) is 0. The molecule has 0 saturated heterocycles. The van der Waals surface area contributed by atoms with Crippen molar-refractivity contribution in [1.82, 2.24) is 19.2 Å². The van der Waals surface area contributed by atoms with Gasteiger partial charge in [0, 0.05) is 4.88 Å². The lowest BCUT2D eigenvalue weighted by molar-refractivity contribution is 0.601. The molecule has 26 heavy (non-hydrogen) atoms. The number of aryl methyl sites for hydroxylation is 3. The van der Waals surface area contributed by atoms with Crippen molar-refractivity contribution in [2.75, 3.05) is 0 Å².